The molecule has 0 saturated heterocycles. The Labute approximate surface area is 106 Å². The van der Waals surface area contributed by atoms with E-state index in [1.165, 1.54) is 18.3 Å². The van der Waals surface area contributed by atoms with E-state index in [0.29, 0.717) is 0 Å². The van der Waals surface area contributed by atoms with Crippen LogP contribution in [-0.4, -0.2) is 22.8 Å². The highest BCUT2D eigenvalue weighted by molar-refractivity contribution is 6.30. The molecule has 1 aromatic rings. The lowest BCUT2D eigenvalue weighted by Gasteiger charge is -2.28. The van der Waals surface area contributed by atoms with Gasteiger partial charge in [0, 0.05) is 18.8 Å². The van der Waals surface area contributed by atoms with Gasteiger partial charge in [0.2, 0.25) is 0 Å². The van der Waals surface area contributed by atoms with E-state index in [2.05, 4.69) is 4.98 Å². The molecule has 0 unspecified atom stereocenters. The summed E-state index contributed by atoms with van der Waals surface area (Å²) in [5, 5.41) is 9.77. The molecule has 1 aliphatic rings. The van der Waals surface area contributed by atoms with E-state index in [4.69, 9.17) is 11.6 Å². The summed E-state index contributed by atoms with van der Waals surface area (Å²) in [6.07, 6.45) is 0.442. The molecule has 0 amide bonds. The molecule has 0 aliphatic carbocycles. The van der Waals surface area contributed by atoms with Crippen LogP contribution in [0, 0.1) is 0 Å². The van der Waals surface area contributed by atoms with Crippen molar-refractivity contribution in [2.45, 2.75) is 6.18 Å². The van der Waals surface area contributed by atoms with Crippen LogP contribution < -0.4 is 4.90 Å². The van der Waals surface area contributed by atoms with Crippen molar-refractivity contribution >= 4 is 17.4 Å². The summed E-state index contributed by atoms with van der Waals surface area (Å²) in [4.78, 5) is 4.62. The van der Waals surface area contributed by atoms with Crippen LogP contribution in [0.5, 0.6) is 5.75 Å². The summed E-state index contributed by atoms with van der Waals surface area (Å²) in [6.45, 7) is -0.0203. The molecule has 1 N–H and O–H groups in total. The number of nitrogens with zero attached hydrogens (tertiary/aromatic N) is 2. The summed E-state index contributed by atoms with van der Waals surface area (Å²) < 4.78 is 38.4. The van der Waals surface area contributed by atoms with Gasteiger partial charge in [-0.05, 0) is 6.08 Å². The first-order valence-electron chi connectivity index (χ1n) is 4.95. The number of anilines is 1. The lowest BCUT2D eigenvalue weighted by Crippen LogP contribution is -2.34. The highest BCUT2D eigenvalue weighted by atomic mass is 35.5. The van der Waals surface area contributed by atoms with Crippen molar-refractivity contribution in [2.75, 3.05) is 11.4 Å². The summed E-state index contributed by atoms with van der Waals surface area (Å²) in [5.74, 6) is -0.569. The predicted octanol–water partition coefficient (Wildman–Crippen LogP) is 3.26. The van der Waals surface area contributed by atoms with E-state index in [1.807, 2.05) is 0 Å². The van der Waals surface area contributed by atoms with Gasteiger partial charge in [0.1, 0.15) is 5.70 Å². The molecule has 1 aliphatic heterocycles. The quantitative estimate of drug-likeness (QED) is 0.855. The maximum Gasteiger partial charge on any atom is 0.431 e. The zero-order valence-corrected chi connectivity index (χ0v) is 9.70. The number of hydrogen-bond acceptors (Lipinski definition) is 3. The van der Waals surface area contributed by atoms with Gasteiger partial charge in [0.05, 0.1) is 5.02 Å². The van der Waals surface area contributed by atoms with Crippen LogP contribution in [0.2, 0.25) is 5.02 Å². The van der Waals surface area contributed by atoms with Crippen molar-refractivity contribution in [3.8, 4) is 5.75 Å². The Balaban J connectivity index is 2.44. The van der Waals surface area contributed by atoms with Crippen LogP contribution in [0.15, 0.2) is 36.2 Å². The lowest BCUT2D eigenvalue weighted by molar-refractivity contribution is -0.0934. The molecule has 3 nitrogen and oxygen atoms in total. The fourth-order valence-electron chi connectivity index (χ4n) is 1.59. The molecule has 0 bridgehead atoms. The maximum absolute atomic E-state index is 12.8. The number of allylic oxidation sites excluding steroid dienone is 3. The Kier molecular flexibility index (Phi) is 3.21. The number of aromatic hydroxyl groups is 1. The topological polar surface area (TPSA) is 36.4 Å². The molecule has 0 atom stereocenters. The Morgan fingerprint density at radius 3 is 2.72 bits per heavy atom. The third-order valence-corrected chi connectivity index (χ3v) is 2.54. The minimum absolute atomic E-state index is 0.0203. The van der Waals surface area contributed by atoms with Crippen molar-refractivity contribution in [1.82, 2.24) is 4.98 Å². The molecule has 0 aromatic carbocycles. The third-order valence-electron chi connectivity index (χ3n) is 2.33. The maximum atomic E-state index is 12.8. The van der Waals surface area contributed by atoms with Crippen LogP contribution in [-0.2, 0) is 0 Å². The number of rotatable bonds is 1. The van der Waals surface area contributed by atoms with Gasteiger partial charge in [0.25, 0.3) is 0 Å². The highest BCUT2D eigenvalue weighted by Crippen LogP contribution is 2.37. The van der Waals surface area contributed by atoms with E-state index >= 15 is 0 Å². The first-order valence-corrected chi connectivity index (χ1v) is 5.33. The smallest absolute Gasteiger partial charge is 0.431 e. The SMILES string of the molecule is Oc1cc(Cl)cnc1N1CC=CC=C1C(F)(F)F. The molecule has 2 rings (SSSR count). The Bertz CT molecular complexity index is 526. The summed E-state index contributed by atoms with van der Waals surface area (Å²) in [6, 6.07) is 1.15. The van der Waals surface area contributed by atoms with Gasteiger partial charge in [-0.2, -0.15) is 13.2 Å². The van der Waals surface area contributed by atoms with Crippen LogP contribution in [0.1, 0.15) is 0 Å². The summed E-state index contributed by atoms with van der Waals surface area (Å²) in [5.41, 5.74) is -0.880. The summed E-state index contributed by atoms with van der Waals surface area (Å²) >= 11 is 5.59. The van der Waals surface area contributed by atoms with Crippen LogP contribution >= 0.6 is 11.6 Å². The standard InChI is InChI=1S/C11H8ClF3N2O/c12-7-5-8(18)10(16-6-7)17-4-2-1-3-9(17)11(13,14)15/h1-3,5-6,18H,4H2. The predicted molar refractivity (Wildman–Crippen MR) is 61.5 cm³/mol. The monoisotopic (exact) mass is 276 g/mol. The second kappa shape index (κ2) is 4.53. The van der Waals surface area contributed by atoms with Crippen molar-refractivity contribution in [1.29, 1.82) is 0 Å². The lowest BCUT2D eigenvalue weighted by atomic mass is 10.2. The van der Waals surface area contributed by atoms with Gasteiger partial charge in [-0.25, -0.2) is 4.98 Å². The van der Waals surface area contributed by atoms with E-state index in [-0.39, 0.29) is 17.4 Å². The van der Waals surface area contributed by atoms with Crippen LogP contribution in [0.3, 0.4) is 0 Å². The molecule has 0 fully saturated rings. The first-order chi connectivity index (χ1) is 8.39. The zero-order chi connectivity index (χ0) is 13.3. The number of alkyl halides is 3. The molecule has 18 heavy (non-hydrogen) atoms. The average molecular weight is 277 g/mol. The highest BCUT2D eigenvalue weighted by Gasteiger charge is 2.39. The van der Waals surface area contributed by atoms with Crippen LogP contribution in [0.25, 0.3) is 0 Å². The Morgan fingerprint density at radius 1 is 1.39 bits per heavy atom. The third kappa shape index (κ3) is 2.43. The molecule has 1 aromatic heterocycles. The molecular formula is C11H8ClF3N2O. The largest absolute Gasteiger partial charge is 0.504 e. The molecule has 0 radical (unpaired) electrons. The van der Waals surface area contributed by atoms with E-state index in [9.17, 15) is 18.3 Å². The molecule has 2 heterocycles. The summed E-state index contributed by atoms with van der Waals surface area (Å²) in [7, 11) is 0. The van der Waals surface area contributed by atoms with Gasteiger partial charge in [0.15, 0.2) is 11.6 Å². The fraction of sp³-hybridized carbons (Fsp3) is 0.182. The van der Waals surface area contributed by atoms with Gasteiger partial charge in [-0.1, -0.05) is 23.8 Å². The van der Waals surface area contributed by atoms with Crippen molar-refractivity contribution in [3.05, 3.63) is 41.2 Å². The van der Waals surface area contributed by atoms with Crippen molar-refractivity contribution < 1.29 is 18.3 Å². The van der Waals surface area contributed by atoms with Crippen LogP contribution in [0.4, 0.5) is 19.0 Å². The van der Waals surface area contributed by atoms with Crippen molar-refractivity contribution in [3.63, 3.8) is 0 Å². The Hall–Kier alpha value is -1.69. The minimum atomic E-state index is -4.52. The molecule has 7 heteroatoms. The van der Waals surface area contributed by atoms with Gasteiger partial charge in [-0.15, -0.1) is 0 Å². The number of halogens is 4. The van der Waals surface area contributed by atoms with E-state index in [0.717, 1.165) is 17.0 Å². The van der Waals surface area contributed by atoms with Gasteiger partial charge in [-0.3, -0.25) is 0 Å². The number of pyridine rings is 1. The second-order valence-electron chi connectivity index (χ2n) is 3.58. The zero-order valence-electron chi connectivity index (χ0n) is 8.95. The van der Waals surface area contributed by atoms with Gasteiger partial charge >= 0.3 is 6.18 Å². The first kappa shape index (κ1) is 12.8. The second-order valence-corrected chi connectivity index (χ2v) is 4.02. The van der Waals surface area contributed by atoms with Crippen molar-refractivity contribution in [2.24, 2.45) is 0 Å². The Morgan fingerprint density at radius 2 is 2.11 bits per heavy atom. The molecular weight excluding hydrogens is 269 g/mol. The number of aromatic nitrogens is 1. The minimum Gasteiger partial charge on any atom is -0.504 e. The molecule has 96 valence electrons. The van der Waals surface area contributed by atoms with E-state index in [1.54, 1.807) is 0 Å². The van der Waals surface area contributed by atoms with Gasteiger partial charge < -0.3 is 10.0 Å². The number of hydrogen-bond donors (Lipinski definition) is 1. The molecule has 0 saturated carbocycles. The van der Waals surface area contributed by atoms with E-state index < -0.39 is 17.6 Å². The fourth-order valence-corrected chi connectivity index (χ4v) is 1.74. The normalized spacial score (nSPS) is 15.8. The molecule has 0 spiro atoms. The average Bonchev–Trinajstić information content (AvgIpc) is 2.28.